The number of benzene rings is 1. The Morgan fingerprint density at radius 2 is 2.06 bits per heavy atom. The van der Waals surface area contributed by atoms with Crippen LogP contribution in [0.3, 0.4) is 0 Å². The van der Waals surface area contributed by atoms with E-state index in [0.29, 0.717) is 25.2 Å². The summed E-state index contributed by atoms with van der Waals surface area (Å²) in [6, 6.07) is 7.99. The first-order valence-corrected chi connectivity index (χ1v) is 12.1. The quantitative estimate of drug-likeness (QED) is 0.721. The maximum Gasteiger partial charge on any atom is 0.419 e. The van der Waals surface area contributed by atoms with Crippen molar-refractivity contribution in [3.63, 3.8) is 0 Å². The zero-order valence-corrected chi connectivity index (χ0v) is 19.2. The number of amides is 1. The van der Waals surface area contributed by atoms with E-state index in [-0.39, 0.29) is 22.5 Å². The Labute approximate surface area is 193 Å². The molecule has 4 aliphatic rings. The average Bonchev–Trinajstić information content (AvgIpc) is 3.02. The Balaban J connectivity index is 1.26. The van der Waals surface area contributed by atoms with Crippen LogP contribution in [0.25, 0.3) is 11.1 Å². The summed E-state index contributed by atoms with van der Waals surface area (Å²) in [5.41, 5.74) is 2.97. The number of nitriles is 1. The van der Waals surface area contributed by atoms with Crippen molar-refractivity contribution in [3.8, 4) is 6.07 Å². The number of aryl methyl sites for hydroxylation is 1. The molecule has 1 aromatic heterocycles. The van der Waals surface area contributed by atoms with E-state index in [9.17, 15) is 14.9 Å². The number of carbonyl (C=O) groups is 1. The van der Waals surface area contributed by atoms with Crippen LogP contribution in [0.2, 0.25) is 0 Å². The van der Waals surface area contributed by atoms with Crippen molar-refractivity contribution in [2.75, 3.05) is 19.7 Å². The van der Waals surface area contributed by atoms with Crippen LogP contribution in [0.15, 0.2) is 27.4 Å². The Morgan fingerprint density at radius 1 is 1.30 bits per heavy atom. The van der Waals surface area contributed by atoms with Gasteiger partial charge in [-0.15, -0.1) is 0 Å². The predicted molar refractivity (Wildman–Crippen MR) is 123 cm³/mol. The van der Waals surface area contributed by atoms with Gasteiger partial charge in [0.05, 0.1) is 11.6 Å². The fourth-order valence-electron chi connectivity index (χ4n) is 6.17. The van der Waals surface area contributed by atoms with Gasteiger partial charge in [0.2, 0.25) is 0 Å². The first kappa shape index (κ1) is 22.2. The summed E-state index contributed by atoms with van der Waals surface area (Å²) in [4.78, 5) is 24.6. The standard InChI is InChI=1S/C25H32N4O4/c1-29-19-13-17(3-4-20(19)33-23(29)31)25-8-5-24(6-9-25,7-10-25)14-18(15-26)28-22(30)21-16-27-11-2-12-32-21/h3-4,13,18,21,27H,2,5-12,14,16H2,1H3,(H,28,30)/t18-,21+,24?,25?/m1/s1. The number of oxazole rings is 1. The molecule has 8 nitrogen and oxygen atoms in total. The molecule has 0 radical (unpaired) electrons. The molecular weight excluding hydrogens is 420 g/mol. The fourth-order valence-corrected chi connectivity index (χ4v) is 6.17. The third-order valence-electron chi connectivity index (χ3n) is 8.35. The normalized spacial score (nSPS) is 30.5. The Kier molecular flexibility index (Phi) is 5.79. The molecule has 3 saturated carbocycles. The third-order valence-corrected chi connectivity index (χ3v) is 8.35. The molecule has 176 valence electrons. The Hall–Kier alpha value is -2.63. The molecule has 0 unspecified atom stereocenters. The van der Waals surface area contributed by atoms with E-state index in [1.807, 2.05) is 6.07 Å². The fraction of sp³-hybridized carbons (Fsp3) is 0.640. The third kappa shape index (κ3) is 4.09. The maximum absolute atomic E-state index is 12.7. The minimum Gasteiger partial charge on any atom is -0.408 e. The molecule has 2 heterocycles. The van der Waals surface area contributed by atoms with Crippen molar-refractivity contribution in [1.29, 1.82) is 5.26 Å². The second-order valence-corrected chi connectivity index (χ2v) is 10.2. The number of rotatable bonds is 5. The van der Waals surface area contributed by atoms with Crippen LogP contribution in [0.1, 0.15) is 56.9 Å². The molecule has 6 rings (SSSR count). The van der Waals surface area contributed by atoms with Crippen LogP contribution < -0.4 is 16.4 Å². The molecule has 2 bridgehead atoms. The number of nitrogens with zero attached hydrogens (tertiary/aromatic N) is 2. The summed E-state index contributed by atoms with van der Waals surface area (Å²) in [5.74, 6) is -0.520. The van der Waals surface area contributed by atoms with Gasteiger partial charge in [0.1, 0.15) is 12.1 Å². The molecule has 1 amide bonds. The molecule has 33 heavy (non-hydrogen) atoms. The Bertz CT molecular complexity index is 1110. The van der Waals surface area contributed by atoms with Crippen molar-refractivity contribution >= 4 is 17.0 Å². The van der Waals surface area contributed by atoms with Crippen molar-refractivity contribution in [2.24, 2.45) is 12.5 Å². The van der Waals surface area contributed by atoms with Gasteiger partial charge in [-0.2, -0.15) is 5.26 Å². The number of carbonyl (C=O) groups excluding carboxylic acids is 1. The minimum atomic E-state index is -0.528. The van der Waals surface area contributed by atoms with Gasteiger partial charge in [0, 0.05) is 20.2 Å². The number of hydrogen-bond acceptors (Lipinski definition) is 6. The summed E-state index contributed by atoms with van der Waals surface area (Å²) < 4.78 is 12.5. The van der Waals surface area contributed by atoms with E-state index in [2.05, 4.69) is 28.8 Å². The molecule has 0 spiro atoms. The zero-order valence-electron chi connectivity index (χ0n) is 19.2. The summed E-state index contributed by atoms with van der Waals surface area (Å²) >= 11 is 0. The van der Waals surface area contributed by atoms with Crippen LogP contribution in [0.5, 0.6) is 0 Å². The highest BCUT2D eigenvalue weighted by Crippen LogP contribution is 2.59. The van der Waals surface area contributed by atoms with E-state index in [4.69, 9.17) is 9.15 Å². The van der Waals surface area contributed by atoms with E-state index in [0.717, 1.165) is 57.0 Å². The molecule has 2 aromatic rings. The van der Waals surface area contributed by atoms with Crippen LogP contribution in [-0.4, -0.2) is 42.3 Å². The topological polar surface area (TPSA) is 109 Å². The number of fused-ring (bicyclic) bond motifs is 4. The van der Waals surface area contributed by atoms with Crippen molar-refractivity contribution in [3.05, 3.63) is 34.3 Å². The summed E-state index contributed by atoms with van der Waals surface area (Å²) in [7, 11) is 1.74. The van der Waals surface area contributed by atoms with Gasteiger partial charge in [0.25, 0.3) is 5.91 Å². The lowest BCUT2D eigenvalue weighted by molar-refractivity contribution is -0.132. The van der Waals surface area contributed by atoms with Crippen LogP contribution >= 0.6 is 0 Å². The second-order valence-electron chi connectivity index (χ2n) is 10.2. The number of ether oxygens (including phenoxy) is 1. The molecule has 3 aliphatic carbocycles. The van der Waals surface area contributed by atoms with Crippen molar-refractivity contribution < 1.29 is 13.9 Å². The Morgan fingerprint density at radius 3 is 2.79 bits per heavy atom. The van der Waals surface area contributed by atoms with E-state index in [1.54, 1.807) is 11.6 Å². The predicted octanol–water partition coefficient (Wildman–Crippen LogP) is 2.50. The molecule has 4 fully saturated rings. The number of hydrogen-bond donors (Lipinski definition) is 2. The second kappa shape index (κ2) is 8.62. The zero-order chi connectivity index (χ0) is 23.1. The van der Waals surface area contributed by atoms with Crippen LogP contribution in [0.4, 0.5) is 0 Å². The molecule has 2 atom stereocenters. The molecule has 2 N–H and O–H groups in total. The van der Waals surface area contributed by atoms with Crippen LogP contribution in [-0.2, 0) is 22.0 Å². The lowest BCUT2D eigenvalue weighted by Gasteiger charge is -2.54. The summed E-state index contributed by atoms with van der Waals surface area (Å²) in [5, 5.41) is 15.9. The van der Waals surface area contributed by atoms with Gasteiger partial charge < -0.3 is 19.8 Å². The molecule has 8 heteroatoms. The molecule has 1 saturated heterocycles. The number of aromatic nitrogens is 1. The van der Waals surface area contributed by atoms with E-state index < -0.39 is 12.1 Å². The van der Waals surface area contributed by atoms with Gasteiger partial charge in [-0.05, 0) is 86.4 Å². The van der Waals surface area contributed by atoms with Gasteiger partial charge in [0.15, 0.2) is 5.58 Å². The SMILES string of the molecule is Cn1c(=O)oc2ccc(C34CCC(C[C@H](C#N)NC(=O)[C@@H]5CNCCCO5)(CC3)CC4)cc21. The molecule has 1 aromatic carbocycles. The smallest absolute Gasteiger partial charge is 0.408 e. The largest absolute Gasteiger partial charge is 0.419 e. The lowest BCUT2D eigenvalue weighted by atomic mass is 9.50. The molecular formula is C25H32N4O4. The average molecular weight is 453 g/mol. The van der Waals surface area contributed by atoms with Gasteiger partial charge in [-0.1, -0.05) is 6.07 Å². The maximum atomic E-state index is 12.7. The lowest BCUT2D eigenvalue weighted by Crippen LogP contribution is -2.50. The first-order chi connectivity index (χ1) is 15.9. The molecule has 1 aliphatic heterocycles. The monoisotopic (exact) mass is 452 g/mol. The van der Waals surface area contributed by atoms with Gasteiger partial charge >= 0.3 is 5.76 Å². The van der Waals surface area contributed by atoms with Crippen molar-refractivity contribution in [1.82, 2.24) is 15.2 Å². The number of nitrogens with one attached hydrogen (secondary N) is 2. The van der Waals surface area contributed by atoms with Gasteiger partial charge in [-0.25, -0.2) is 4.79 Å². The first-order valence-electron chi connectivity index (χ1n) is 12.1. The highest BCUT2D eigenvalue weighted by molar-refractivity contribution is 5.81. The van der Waals surface area contributed by atoms with Crippen molar-refractivity contribution in [2.45, 2.75) is 68.9 Å². The van der Waals surface area contributed by atoms with E-state index in [1.165, 1.54) is 5.56 Å². The van der Waals surface area contributed by atoms with E-state index >= 15 is 0 Å². The minimum absolute atomic E-state index is 0.102. The summed E-state index contributed by atoms with van der Waals surface area (Å²) in [6.45, 7) is 1.90. The highest BCUT2D eigenvalue weighted by atomic mass is 16.5. The van der Waals surface area contributed by atoms with Crippen LogP contribution in [0, 0.1) is 16.7 Å². The van der Waals surface area contributed by atoms with Gasteiger partial charge in [-0.3, -0.25) is 9.36 Å². The summed E-state index contributed by atoms with van der Waals surface area (Å²) in [6.07, 6.45) is 7.38. The highest BCUT2D eigenvalue weighted by Gasteiger charge is 2.50.